The molecule has 1 saturated heterocycles. The molecule has 0 amide bonds. The third kappa shape index (κ3) is 4.48. The van der Waals surface area contributed by atoms with Crippen molar-refractivity contribution in [2.24, 2.45) is 5.92 Å². The van der Waals surface area contributed by atoms with Gasteiger partial charge in [0.05, 0.1) is 17.9 Å². The van der Waals surface area contributed by atoms with Crippen molar-refractivity contribution in [3.63, 3.8) is 0 Å². The Morgan fingerprint density at radius 2 is 2.07 bits per heavy atom. The van der Waals surface area contributed by atoms with Gasteiger partial charge in [-0.3, -0.25) is 9.69 Å². The second kappa shape index (κ2) is 8.94. The molecule has 3 heterocycles. The number of hydrogen-bond donors (Lipinski definition) is 3. The Kier molecular flexibility index (Phi) is 6.14. The summed E-state index contributed by atoms with van der Waals surface area (Å²) in [6.45, 7) is 2.27. The Balaban J connectivity index is 1.24. The Hall–Kier alpha value is -2.09. The smallest absolute Gasteiger partial charge is 0.275 e. The van der Waals surface area contributed by atoms with Crippen molar-refractivity contribution in [1.29, 1.82) is 0 Å². The lowest BCUT2D eigenvalue weighted by Crippen LogP contribution is -2.21. The number of thioether (sulfide) groups is 1. The molecule has 1 aromatic carbocycles. The molecule has 3 N–H and O–H groups in total. The summed E-state index contributed by atoms with van der Waals surface area (Å²) in [6.07, 6.45) is 5.19. The maximum Gasteiger partial charge on any atom is 0.275 e. The Bertz CT molecular complexity index is 956. The summed E-state index contributed by atoms with van der Waals surface area (Å²) >= 11 is 1.96. The number of aliphatic hydroxyl groups excluding tert-OH is 1. The van der Waals surface area contributed by atoms with Crippen molar-refractivity contribution >= 4 is 22.8 Å². The average molecular weight is 399 g/mol. The van der Waals surface area contributed by atoms with E-state index in [4.69, 9.17) is 0 Å². The van der Waals surface area contributed by atoms with Gasteiger partial charge in [0.1, 0.15) is 5.52 Å². The van der Waals surface area contributed by atoms with Gasteiger partial charge in [-0.2, -0.15) is 11.8 Å². The molecule has 0 aliphatic carbocycles. The number of aromatic amines is 2. The highest BCUT2D eigenvalue weighted by atomic mass is 32.2. The van der Waals surface area contributed by atoms with Crippen molar-refractivity contribution in [3.05, 3.63) is 64.3 Å². The fourth-order valence-corrected chi connectivity index (χ4v) is 4.88. The number of nitrogens with zero attached hydrogens (tertiary/aromatic N) is 2. The average Bonchev–Trinajstić information content (AvgIpc) is 3.27. The van der Waals surface area contributed by atoms with Crippen LogP contribution in [0.5, 0.6) is 0 Å². The van der Waals surface area contributed by atoms with E-state index in [-0.39, 0.29) is 11.7 Å². The van der Waals surface area contributed by atoms with E-state index in [1.54, 1.807) is 0 Å². The molecule has 3 aromatic rings. The quantitative estimate of drug-likeness (QED) is 0.508. The minimum atomic E-state index is -0.277. The highest BCUT2D eigenvalue weighted by Crippen LogP contribution is 2.26. The molecule has 0 saturated carbocycles. The number of fused-ring (bicyclic) bond motifs is 1. The third-order valence-corrected chi connectivity index (χ3v) is 6.51. The molecule has 2 aromatic heterocycles. The minimum absolute atomic E-state index is 0.149. The predicted molar refractivity (Wildman–Crippen MR) is 113 cm³/mol. The highest BCUT2D eigenvalue weighted by Gasteiger charge is 2.31. The highest BCUT2D eigenvalue weighted by molar-refractivity contribution is 7.98. The van der Waals surface area contributed by atoms with Crippen LogP contribution in [-0.4, -0.2) is 49.9 Å². The Morgan fingerprint density at radius 1 is 1.21 bits per heavy atom. The van der Waals surface area contributed by atoms with Gasteiger partial charge in [-0.15, -0.1) is 0 Å². The predicted octanol–water partition coefficient (Wildman–Crippen LogP) is 2.76. The van der Waals surface area contributed by atoms with Crippen LogP contribution in [0.15, 0.2) is 47.7 Å². The number of aliphatic hydroxyl groups is 1. The van der Waals surface area contributed by atoms with Crippen molar-refractivity contribution in [2.75, 3.05) is 18.8 Å². The van der Waals surface area contributed by atoms with E-state index in [1.807, 2.05) is 24.0 Å². The van der Waals surface area contributed by atoms with Crippen molar-refractivity contribution in [1.82, 2.24) is 19.9 Å². The van der Waals surface area contributed by atoms with Crippen molar-refractivity contribution in [2.45, 2.75) is 31.2 Å². The second-order valence-electron chi connectivity index (χ2n) is 7.47. The van der Waals surface area contributed by atoms with Crippen LogP contribution in [0, 0.1) is 5.92 Å². The van der Waals surface area contributed by atoms with Crippen LogP contribution in [-0.2, 0) is 12.3 Å². The molecule has 4 rings (SSSR count). The lowest BCUT2D eigenvalue weighted by molar-refractivity contribution is 0.137. The molecule has 2 atom stereocenters. The molecule has 0 radical (unpaired) electrons. The number of rotatable bonds is 8. The van der Waals surface area contributed by atoms with Gasteiger partial charge in [0.2, 0.25) is 0 Å². The Labute approximate surface area is 168 Å². The molecule has 0 bridgehead atoms. The van der Waals surface area contributed by atoms with E-state index < -0.39 is 0 Å². The van der Waals surface area contributed by atoms with E-state index in [9.17, 15) is 9.90 Å². The fourth-order valence-electron chi connectivity index (χ4n) is 3.93. The first-order valence-electron chi connectivity index (χ1n) is 9.76. The molecular formula is C21H26N4O2S. The van der Waals surface area contributed by atoms with E-state index >= 15 is 0 Å². The van der Waals surface area contributed by atoms with Gasteiger partial charge >= 0.3 is 0 Å². The van der Waals surface area contributed by atoms with Crippen LogP contribution in [0.1, 0.15) is 24.0 Å². The van der Waals surface area contributed by atoms with Gasteiger partial charge in [0.15, 0.2) is 0 Å². The summed E-state index contributed by atoms with van der Waals surface area (Å²) in [7, 11) is 0. The number of β-amino-alcohol motifs (C(OH)–C–C–N with tert-alkyl or cyclic N) is 1. The van der Waals surface area contributed by atoms with Crippen LogP contribution in [0.3, 0.4) is 0 Å². The van der Waals surface area contributed by atoms with E-state index in [0.717, 1.165) is 42.0 Å². The molecule has 0 unspecified atom stereocenters. The molecule has 0 spiro atoms. The molecule has 1 aliphatic rings. The molecule has 1 aliphatic heterocycles. The van der Waals surface area contributed by atoms with Gasteiger partial charge in [0.25, 0.3) is 5.56 Å². The monoisotopic (exact) mass is 398 g/mol. The molecule has 148 valence electrons. The largest absolute Gasteiger partial charge is 0.391 e. The molecular weight excluding hydrogens is 372 g/mol. The summed E-state index contributed by atoms with van der Waals surface area (Å²) in [5.41, 5.74) is 3.46. The van der Waals surface area contributed by atoms with Gasteiger partial charge < -0.3 is 15.1 Å². The zero-order valence-electron chi connectivity index (χ0n) is 15.8. The fraction of sp³-hybridized carbons (Fsp3) is 0.429. The van der Waals surface area contributed by atoms with Crippen LogP contribution in [0.25, 0.3) is 11.0 Å². The number of aromatic nitrogens is 3. The summed E-state index contributed by atoms with van der Waals surface area (Å²) in [6, 6.07) is 10.5. The topological polar surface area (TPSA) is 85.0 Å². The molecule has 6 nitrogen and oxygen atoms in total. The lowest BCUT2D eigenvalue weighted by Gasteiger charge is -2.15. The summed E-state index contributed by atoms with van der Waals surface area (Å²) < 4.78 is 0. The number of H-pyrrole nitrogens is 2. The van der Waals surface area contributed by atoms with Crippen LogP contribution in [0.2, 0.25) is 0 Å². The zero-order valence-corrected chi connectivity index (χ0v) is 16.6. The first-order chi connectivity index (χ1) is 13.7. The van der Waals surface area contributed by atoms with Crippen LogP contribution >= 0.6 is 11.8 Å². The molecule has 7 heteroatoms. The first kappa shape index (κ1) is 19.2. The standard InChI is InChI=1S/C21H26N4O2S/c26-18-12-25(11-17-9-22-20-19(17)23-14-24-21(20)27)10-16(18)7-4-8-28-13-15-5-2-1-3-6-15/h1-3,5-6,9,14,16,18,22,26H,4,7-8,10-13H2,(H,23,24,27)/t16-,18-/m1/s1. The van der Waals surface area contributed by atoms with Crippen molar-refractivity contribution < 1.29 is 5.11 Å². The van der Waals surface area contributed by atoms with Gasteiger partial charge in [-0.25, -0.2) is 4.98 Å². The summed E-state index contributed by atoms with van der Waals surface area (Å²) in [4.78, 5) is 24.0. The van der Waals surface area contributed by atoms with Crippen LogP contribution < -0.4 is 5.56 Å². The SMILES string of the molecule is O=c1[nH]cnc2c(CN3C[C@@H](CCCSCc4ccccc4)[C@H](O)C3)c[nH]c12. The maximum atomic E-state index is 11.8. The minimum Gasteiger partial charge on any atom is -0.391 e. The maximum absolute atomic E-state index is 11.8. The number of likely N-dealkylation sites (tertiary alicyclic amines) is 1. The Morgan fingerprint density at radius 3 is 2.93 bits per heavy atom. The normalized spacial score (nSPS) is 20.2. The van der Waals surface area contributed by atoms with Gasteiger partial charge in [-0.1, -0.05) is 30.3 Å². The summed E-state index contributed by atoms with van der Waals surface area (Å²) in [5.74, 6) is 2.49. The van der Waals surface area contributed by atoms with E-state index in [1.165, 1.54) is 11.9 Å². The number of benzene rings is 1. The molecule has 28 heavy (non-hydrogen) atoms. The van der Waals surface area contributed by atoms with Crippen LogP contribution in [0.4, 0.5) is 0 Å². The summed E-state index contributed by atoms with van der Waals surface area (Å²) in [5, 5.41) is 10.5. The number of nitrogens with one attached hydrogen (secondary N) is 2. The van der Waals surface area contributed by atoms with E-state index in [0.29, 0.717) is 24.5 Å². The lowest BCUT2D eigenvalue weighted by atomic mass is 10.0. The van der Waals surface area contributed by atoms with Gasteiger partial charge in [0, 0.05) is 37.1 Å². The first-order valence-corrected chi connectivity index (χ1v) is 10.9. The van der Waals surface area contributed by atoms with Crippen molar-refractivity contribution in [3.8, 4) is 0 Å². The number of hydrogen-bond acceptors (Lipinski definition) is 5. The second-order valence-corrected chi connectivity index (χ2v) is 8.58. The van der Waals surface area contributed by atoms with E-state index in [2.05, 4.69) is 44.1 Å². The van der Waals surface area contributed by atoms with Gasteiger partial charge in [-0.05, 0) is 30.1 Å². The third-order valence-electron chi connectivity index (χ3n) is 5.40. The molecule has 1 fully saturated rings. The zero-order chi connectivity index (χ0) is 19.3.